The van der Waals surface area contributed by atoms with Crippen LogP contribution in [0.4, 0.5) is 0 Å². The molecular weight excluding hydrogens is 262 g/mol. The molecule has 0 aliphatic heterocycles. The van der Waals surface area contributed by atoms with E-state index in [-0.39, 0.29) is 5.78 Å². The predicted octanol–water partition coefficient (Wildman–Crippen LogP) is 2.69. The smallest absolute Gasteiger partial charge is 0.161 e. The maximum Gasteiger partial charge on any atom is 0.161 e. The van der Waals surface area contributed by atoms with Crippen LogP contribution in [-0.4, -0.2) is 33.3 Å². The normalized spacial score (nSPS) is 12.6. The molecule has 0 unspecified atom stereocenters. The molecule has 0 aliphatic carbocycles. The van der Waals surface area contributed by atoms with Crippen molar-refractivity contribution in [2.75, 3.05) is 7.05 Å². The van der Waals surface area contributed by atoms with Gasteiger partial charge in [-0.05, 0) is 39.1 Å². The Morgan fingerprint density at radius 3 is 2.76 bits per heavy atom. The quantitative estimate of drug-likeness (QED) is 0.766. The molecule has 0 amide bonds. The Labute approximate surface area is 126 Å². The summed E-state index contributed by atoms with van der Waals surface area (Å²) in [6, 6.07) is 8.37. The van der Waals surface area contributed by atoms with Crippen molar-refractivity contribution in [3.05, 3.63) is 53.6 Å². The summed E-state index contributed by atoms with van der Waals surface area (Å²) in [5.74, 6) is 0.112. The fourth-order valence-corrected chi connectivity index (χ4v) is 2.35. The molecule has 4 nitrogen and oxygen atoms in total. The van der Waals surface area contributed by atoms with E-state index in [0.717, 1.165) is 29.9 Å². The number of nitrogens with zero attached hydrogens (tertiary/aromatic N) is 3. The van der Waals surface area contributed by atoms with Crippen molar-refractivity contribution in [1.29, 1.82) is 0 Å². The molecule has 4 heteroatoms. The zero-order chi connectivity index (χ0) is 15.4. The number of hydrogen-bond acceptors (Lipinski definition) is 3. The average molecular weight is 285 g/mol. The van der Waals surface area contributed by atoms with Crippen molar-refractivity contribution in [3.8, 4) is 0 Å². The lowest BCUT2D eigenvalue weighted by Gasteiger charge is -2.24. The molecule has 0 aromatic carbocycles. The summed E-state index contributed by atoms with van der Waals surface area (Å²) in [5, 5.41) is 0. The van der Waals surface area contributed by atoms with Crippen LogP contribution in [0, 0.1) is 0 Å². The van der Waals surface area contributed by atoms with Gasteiger partial charge in [-0.2, -0.15) is 0 Å². The van der Waals surface area contributed by atoms with E-state index in [1.807, 2.05) is 42.2 Å². The summed E-state index contributed by atoms with van der Waals surface area (Å²) < 4.78 is 2.03. The van der Waals surface area contributed by atoms with Gasteiger partial charge in [0.2, 0.25) is 0 Å². The molecule has 0 radical (unpaired) electrons. The van der Waals surface area contributed by atoms with Gasteiger partial charge in [-0.15, -0.1) is 0 Å². The van der Waals surface area contributed by atoms with Gasteiger partial charge in [0, 0.05) is 55.4 Å². The molecule has 0 N–H and O–H groups in total. The molecule has 21 heavy (non-hydrogen) atoms. The number of pyridine rings is 1. The fraction of sp³-hybridized carbons (Fsp3) is 0.412. The van der Waals surface area contributed by atoms with Crippen LogP contribution in [0.5, 0.6) is 0 Å². The van der Waals surface area contributed by atoms with Crippen LogP contribution >= 0.6 is 0 Å². The molecule has 2 aromatic heterocycles. The largest absolute Gasteiger partial charge is 0.353 e. The Kier molecular flexibility index (Phi) is 4.91. The topological polar surface area (TPSA) is 38.1 Å². The molecule has 0 spiro atoms. The number of aromatic nitrogens is 2. The molecule has 0 fully saturated rings. The van der Waals surface area contributed by atoms with Crippen molar-refractivity contribution in [1.82, 2.24) is 14.5 Å². The van der Waals surface area contributed by atoms with Crippen LogP contribution in [0.15, 0.2) is 36.7 Å². The van der Waals surface area contributed by atoms with Gasteiger partial charge in [0.25, 0.3) is 0 Å². The second-order valence-corrected chi connectivity index (χ2v) is 5.68. The number of rotatable bonds is 6. The zero-order valence-electron chi connectivity index (χ0n) is 13.2. The first-order valence-corrected chi connectivity index (χ1v) is 7.23. The Bertz CT molecular complexity index is 604. The highest BCUT2D eigenvalue weighted by molar-refractivity contribution is 5.94. The fourth-order valence-electron chi connectivity index (χ4n) is 2.35. The maximum atomic E-state index is 11.4. The second-order valence-electron chi connectivity index (χ2n) is 5.68. The lowest BCUT2D eigenvalue weighted by Crippen LogP contribution is -2.31. The molecule has 2 aromatic rings. The van der Waals surface area contributed by atoms with Gasteiger partial charge in [0.1, 0.15) is 0 Å². The number of aryl methyl sites for hydroxylation is 1. The number of likely N-dealkylation sites (N-methyl/N-ethyl adjacent to an activating group) is 1. The monoisotopic (exact) mass is 285 g/mol. The van der Waals surface area contributed by atoms with Gasteiger partial charge in [-0.1, -0.05) is 6.07 Å². The molecule has 0 bridgehead atoms. The first-order chi connectivity index (χ1) is 9.97. The maximum absolute atomic E-state index is 11.4. The van der Waals surface area contributed by atoms with Crippen LogP contribution in [0.25, 0.3) is 0 Å². The van der Waals surface area contributed by atoms with E-state index in [4.69, 9.17) is 0 Å². The molecule has 1 atom stereocenters. The Morgan fingerprint density at radius 2 is 2.19 bits per heavy atom. The van der Waals surface area contributed by atoms with E-state index >= 15 is 0 Å². The van der Waals surface area contributed by atoms with E-state index in [9.17, 15) is 4.79 Å². The Balaban J connectivity index is 2.00. The van der Waals surface area contributed by atoms with Gasteiger partial charge in [-0.3, -0.25) is 14.7 Å². The third-order valence-electron chi connectivity index (χ3n) is 3.91. The van der Waals surface area contributed by atoms with E-state index in [0.29, 0.717) is 6.04 Å². The number of ketones is 1. The summed E-state index contributed by atoms with van der Waals surface area (Å²) >= 11 is 0. The van der Waals surface area contributed by atoms with Gasteiger partial charge in [0.15, 0.2) is 5.78 Å². The minimum absolute atomic E-state index is 0.112. The summed E-state index contributed by atoms with van der Waals surface area (Å²) in [5.41, 5.74) is 3.03. The van der Waals surface area contributed by atoms with E-state index in [1.54, 1.807) is 6.92 Å². The van der Waals surface area contributed by atoms with Gasteiger partial charge in [-0.25, -0.2) is 0 Å². The first-order valence-electron chi connectivity index (χ1n) is 7.23. The third kappa shape index (κ3) is 4.02. The first kappa shape index (κ1) is 15.4. The van der Waals surface area contributed by atoms with E-state index < -0.39 is 0 Å². The van der Waals surface area contributed by atoms with Crippen LogP contribution < -0.4 is 0 Å². The van der Waals surface area contributed by atoms with Crippen LogP contribution in [-0.2, 0) is 20.0 Å². The molecule has 2 rings (SSSR count). The van der Waals surface area contributed by atoms with Crippen molar-refractivity contribution in [3.63, 3.8) is 0 Å². The predicted molar refractivity (Wildman–Crippen MR) is 84.3 cm³/mol. The number of carbonyl (C=O) groups is 1. The van der Waals surface area contributed by atoms with Crippen molar-refractivity contribution >= 4 is 5.78 Å². The van der Waals surface area contributed by atoms with Crippen molar-refractivity contribution in [2.45, 2.75) is 32.9 Å². The molecule has 0 saturated heterocycles. The lowest BCUT2D eigenvalue weighted by atomic mass is 10.1. The molecule has 112 valence electrons. The van der Waals surface area contributed by atoms with Crippen LogP contribution in [0.2, 0.25) is 0 Å². The summed E-state index contributed by atoms with van der Waals surface area (Å²) in [4.78, 5) is 18.1. The minimum Gasteiger partial charge on any atom is -0.353 e. The van der Waals surface area contributed by atoms with E-state index in [1.165, 1.54) is 0 Å². The van der Waals surface area contributed by atoms with Crippen LogP contribution in [0.3, 0.4) is 0 Å². The molecule has 0 aliphatic rings. The number of carbonyl (C=O) groups excluding carboxylic acids is 1. The minimum atomic E-state index is 0.112. The Hall–Kier alpha value is -1.94. The van der Waals surface area contributed by atoms with Gasteiger partial charge >= 0.3 is 0 Å². The van der Waals surface area contributed by atoms with Gasteiger partial charge in [0.05, 0.1) is 0 Å². The van der Waals surface area contributed by atoms with Gasteiger partial charge < -0.3 is 4.57 Å². The second kappa shape index (κ2) is 6.68. The third-order valence-corrected chi connectivity index (χ3v) is 3.91. The molecular formula is C17H23N3O. The van der Waals surface area contributed by atoms with E-state index in [2.05, 4.69) is 29.9 Å². The highest BCUT2D eigenvalue weighted by atomic mass is 16.1. The summed E-state index contributed by atoms with van der Waals surface area (Å²) in [6.07, 6.45) is 4.65. The molecule has 2 heterocycles. The Morgan fingerprint density at radius 1 is 1.43 bits per heavy atom. The highest BCUT2D eigenvalue weighted by Crippen LogP contribution is 2.13. The lowest BCUT2D eigenvalue weighted by molar-refractivity contribution is 0.101. The SMILES string of the molecule is CC(=O)c1cc(CN(C)[C@H](C)Cc2ccccn2)n(C)c1. The zero-order valence-corrected chi connectivity index (χ0v) is 13.2. The van der Waals surface area contributed by atoms with Crippen molar-refractivity contribution in [2.24, 2.45) is 7.05 Å². The molecule has 0 saturated carbocycles. The number of hydrogen-bond donors (Lipinski definition) is 0. The van der Waals surface area contributed by atoms with Crippen LogP contribution in [0.1, 0.15) is 35.6 Å². The van der Waals surface area contributed by atoms with Crippen molar-refractivity contribution < 1.29 is 4.79 Å². The highest BCUT2D eigenvalue weighted by Gasteiger charge is 2.14. The number of Topliss-reactive ketones (excluding diaryl/α,β-unsaturated/α-hetero) is 1. The average Bonchev–Trinajstić information content (AvgIpc) is 2.81. The standard InChI is InChI=1S/C17H23N3O/c1-13(9-16-7-5-6-8-18-16)19(3)12-17-10-15(14(2)21)11-20(17)4/h5-8,10-11,13H,9,12H2,1-4H3/t13-/m1/s1. The summed E-state index contributed by atoms with van der Waals surface area (Å²) in [6.45, 7) is 4.62. The summed E-state index contributed by atoms with van der Waals surface area (Å²) in [7, 11) is 4.09.